The monoisotopic (exact) mass is 575 g/mol. The first-order valence-electron chi connectivity index (χ1n) is 12.7. The van der Waals surface area contributed by atoms with Gasteiger partial charge in [0, 0.05) is 17.8 Å². The molecule has 1 atom stereocenters. The van der Waals surface area contributed by atoms with Gasteiger partial charge in [-0.3, -0.25) is 9.59 Å². The summed E-state index contributed by atoms with van der Waals surface area (Å²) in [5.74, 6) is 0.833. The Morgan fingerprint density at radius 1 is 0.946 bits per heavy atom. The van der Waals surface area contributed by atoms with Crippen LogP contribution in [0.1, 0.15) is 58.2 Å². The smallest absolute Gasteiger partial charge is 0.311 e. The molecule has 1 unspecified atom stereocenters. The van der Waals surface area contributed by atoms with Crippen molar-refractivity contribution < 1.29 is 23.8 Å². The van der Waals surface area contributed by atoms with Crippen molar-refractivity contribution in [3.63, 3.8) is 0 Å². The molecule has 2 aromatic carbocycles. The van der Waals surface area contributed by atoms with Crippen LogP contribution in [0, 0.1) is 11.3 Å². The molecule has 0 bridgehead atoms. The number of nitrogens with one attached hydrogen (secondary N) is 1. The van der Waals surface area contributed by atoms with E-state index in [9.17, 15) is 9.59 Å². The van der Waals surface area contributed by atoms with Gasteiger partial charge in [0.1, 0.15) is 0 Å². The zero-order valence-electron chi connectivity index (χ0n) is 23.3. The van der Waals surface area contributed by atoms with Crippen LogP contribution in [0.25, 0.3) is 0 Å². The van der Waals surface area contributed by atoms with E-state index in [1.54, 1.807) is 7.11 Å². The number of methoxy groups -OCH3 is 1. The average Bonchev–Trinajstić information content (AvgIpc) is 2.83. The van der Waals surface area contributed by atoms with E-state index in [4.69, 9.17) is 14.2 Å². The molecule has 2 rings (SSSR count). The van der Waals surface area contributed by atoms with E-state index in [0.717, 1.165) is 11.1 Å². The van der Waals surface area contributed by atoms with Crippen LogP contribution in [-0.2, 0) is 32.6 Å². The number of alkyl halides is 1. The second-order valence-corrected chi connectivity index (χ2v) is 12.2. The lowest BCUT2D eigenvalue weighted by atomic mass is 9.86. The summed E-state index contributed by atoms with van der Waals surface area (Å²) >= 11 is 3.34. The molecule has 37 heavy (non-hydrogen) atoms. The molecule has 1 N–H and O–H groups in total. The normalized spacial score (nSPS) is 12.5. The Labute approximate surface area is 230 Å². The van der Waals surface area contributed by atoms with Crippen molar-refractivity contribution in [3.05, 3.63) is 59.2 Å². The van der Waals surface area contributed by atoms with Gasteiger partial charge in [0.2, 0.25) is 5.91 Å². The van der Waals surface area contributed by atoms with E-state index >= 15 is 0 Å². The Morgan fingerprint density at radius 3 is 2.16 bits per heavy atom. The number of esters is 1. The molecule has 0 aliphatic heterocycles. The largest absolute Gasteiger partial charge is 0.493 e. The predicted molar refractivity (Wildman–Crippen MR) is 152 cm³/mol. The molecule has 0 aliphatic carbocycles. The fraction of sp³-hybridized carbons (Fsp3) is 0.533. The molecular weight excluding hydrogens is 534 g/mol. The van der Waals surface area contributed by atoms with Crippen LogP contribution in [0.5, 0.6) is 11.5 Å². The minimum Gasteiger partial charge on any atom is -0.493 e. The van der Waals surface area contributed by atoms with Crippen molar-refractivity contribution in [2.75, 3.05) is 32.2 Å². The highest BCUT2D eigenvalue weighted by Gasteiger charge is 2.25. The van der Waals surface area contributed by atoms with Crippen LogP contribution < -0.4 is 14.8 Å². The van der Waals surface area contributed by atoms with Crippen molar-refractivity contribution in [2.24, 2.45) is 11.3 Å². The van der Waals surface area contributed by atoms with E-state index in [-0.39, 0.29) is 36.2 Å². The molecule has 7 heteroatoms. The van der Waals surface area contributed by atoms with E-state index in [1.807, 2.05) is 39.0 Å². The molecule has 0 heterocycles. The Kier molecular flexibility index (Phi) is 11.5. The maximum atomic E-state index is 12.8. The summed E-state index contributed by atoms with van der Waals surface area (Å²) in [6.45, 7) is 13.2. The van der Waals surface area contributed by atoms with Gasteiger partial charge in [-0.2, -0.15) is 0 Å². The van der Waals surface area contributed by atoms with Gasteiger partial charge in [0.15, 0.2) is 11.5 Å². The Bertz CT molecular complexity index is 1020. The molecule has 1 amide bonds. The zero-order chi connectivity index (χ0) is 27.6. The Balaban J connectivity index is 2.05. The van der Waals surface area contributed by atoms with Crippen LogP contribution in [0.3, 0.4) is 0 Å². The molecule has 0 spiro atoms. The highest BCUT2D eigenvalue weighted by atomic mass is 79.9. The van der Waals surface area contributed by atoms with Gasteiger partial charge in [0.25, 0.3) is 0 Å². The van der Waals surface area contributed by atoms with Crippen molar-refractivity contribution >= 4 is 27.8 Å². The molecule has 2 aromatic rings. The van der Waals surface area contributed by atoms with Gasteiger partial charge in [-0.15, -0.1) is 0 Å². The predicted octanol–water partition coefficient (Wildman–Crippen LogP) is 5.87. The van der Waals surface area contributed by atoms with Crippen molar-refractivity contribution in [2.45, 2.75) is 59.8 Å². The van der Waals surface area contributed by atoms with E-state index in [1.165, 1.54) is 5.56 Å². The number of hydrogen-bond acceptors (Lipinski definition) is 5. The highest BCUT2D eigenvalue weighted by Crippen LogP contribution is 2.28. The van der Waals surface area contributed by atoms with Crippen molar-refractivity contribution in [1.82, 2.24) is 5.32 Å². The minimum absolute atomic E-state index is 0.0506. The van der Waals surface area contributed by atoms with Gasteiger partial charge in [0.05, 0.1) is 32.2 Å². The van der Waals surface area contributed by atoms with Gasteiger partial charge >= 0.3 is 5.97 Å². The molecule has 204 valence electrons. The first-order valence-corrected chi connectivity index (χ1v) is 13.8. The molecule has 0 radical (unpaired) electrons. The lowest BCUT2D eigenvalue weighted by molar-refractivity contribution is -0.154. The lowest BCUT2D eigenvalue weighted by Gasteiger charge is -2.23. The standard InChI is InChI=1S/C30H42BrNO5/c1-29(2,3)24-11-8-21(9-12-24)16-23(20-37-28(34)30(4,5)6)19-32-27(33)18-22-10-13-25(36-15-14-31)26(17-22)35-7/h8-13,17,23H,14-16,18-20H2,1-7H3,(H,32,33). The highest BCUT2D eigenvalue weighted by molar-refractivity contribution is 9.09. The van der Waals surface area contributed by atoms with Gasteiger partial charge < -0.3 is 19.5 Å². The quantitative estimate of drug-likeness (QED) is 0.253. The third-order valence-corrected chi connectivity index (χ3v) is 6.25. The van der Waals surface area contributed by atoms with Crippen LogP contribution in [0.4, 0.5) is 0 Å². The summed E-state index contributed by atoms with van der Waals surface area (Å²) in [7, 11) is 1.58. The maximum Gasteiger partial charge on any atom is 0.311 e. The average molecular weight is 577 g/mol. The summed E-state index contributed by atoms with van der Waals surface area (Å²) in [4.78, 5) is 25.2. The number of hydrogen-bond donors (Lipinski definition) is 1. The maximum absolute atomic E-state index is 12.8. The molecular formula is C30H42BrNO5. The molecule has 0 saturated heterocycles. The lowest BCUT2D eigenvalue weighted by Crippen LogP contribution is -2.35. The number of benzene rings is 2. The first kappa shape index (κ1) is 30.7. The number of carbonyl (C=O) groups is 2. The van der Waals surface area contributed by atoms with Gasteiger partial charge in [-0.25, -0.2) is 0 Å². The zero-order valence-corrected chi connectivity index (χ0v) is 24.9. The number of amides is 1. The van der Waals surface area contributed by atoms with Crippen molar-refractivity contribution in [3.8, 4) is 11.5 Å². The summed E-state index contributed by atoms with van der Waals surface area (Å²) in [6, 6.07) is 14.0. The van der Waals surface area contributed by atoms with Crippen LogP contribution in [-0.4, -0.2) is 44.1 Å². The molecule has 0 aromatic heterocycles. The summed E-state index contributed by atoms with van der Waals surface area (Å²) in [6.07, 6.45) is 0.902. The Hall–Kier alpha value is -2.54. The third-order valence-electron chi connectivity index (χ3n) is 5.92. The minimum atomic E-state index is -0.578. The first-order chi connectivity index (χ1) is 17.3. The van der Waals surface area contributed by atoms with Gasteiger partial charge in [-0.05, 0) is 61.4 Å². The van der Waals surface area contributed by atoms with Gasteiger partial charge in [-0.1, -0.05) is 67.0 Å². The second-order valence-electron chi connectivity index (χ2n) is 11.4. The SMILES string of the molecule is COc1cc(CC(=O)NCC(COC(=O)C(C)(C)C)Cc2ccc(C(C)(C)C)cc2)ccc1OCCBr. The number of rotatable bonds is 12. The molecule has 0 fully saturated rings. The summed E-state index contributed by atoms with van der Waals surface area (Å²) in [5.41, 5.74) is 2.73. The fourth-order valence-electron chi connectivity index (χ4n) is 3.67. The molecule has 0 aliphatic rings. The van der Waals surface area contributed by atoms with Crippen LogP contribution in [0.2, 0.25) is 0 Å². The number of halogens is 1. The fourth-order valence-corrected chi connectivity index (χ4v) is 3.83. The summed E-state index contributed by atoms with van der Waals surface area (Å²) < 4.78 is 16.7. The van der Waals surface area contributed by atoms with E-state index in [2.05, 4.69) is 66.3 Å². The molecule has 0 saturated carbocycles. The second kappa shape index (κ2) is 13.8. The van der Waals surface area contributed by atoms with E-state index in [0.29, 0.717) is 36.4 Å². The third kappa shape index (κ3) is 10.4. The Morgan fingerprint density at radius 2 is 1.59 bits per heavy atom. The molecule has 6 nitrogen and oxygen atoms in total. The van der Waals surface area contributed by atoms with Crippen LogP contribution in [0.15, 0.2) is 42.5 Å². The topological polar surface area (TPSA) is 73.9 Å². The number of carbonyl (C=O) groups excluding carboxylic acids is 2. The summed E-state index contributed by atoms with van der Waals surface area (Å²) in [5, 5.41) is 3.74. The van der Waals surface area contributed by atoms with Crippen molar-refractivity contribution in [1.29, 1.82) is 0 Å². The van der Waals surface area contributed by atoms with E-state index < -0.39 is 5.41 Å². The van der Waals surface area contributed by atoms with Crippen LogP contribution >= 0.6 is 15.9 Å². The number of ether oxygens (including phenoxy) is 3.